The molecule has 0 aromatic carbocycles. The van der Waals surface area contributed by atoms with E-state index in [9.17, 15) is 9.90 Å². The summed E-state index contributed by atoms with van der Waals surface area (Å²) in [6, 6.07) is 0. The molecule has 0 saturated heterocycles. The number of rotatable bonds is 8. The van der Waals surface area contributed by atoms with E-state index < -0.39 is 0 Å². The molecule has 2 heteroatoms. The summed E-state index contributed by atoms with van der Waals surface area (Å²) in [5, 5.41) is 10.3. The Hall–Kier alpha value is -0.790. The van der Waals surface area contributed by atoms with Crippen LogP contribution in [0.25, 0.3) is 0 Å². The summed E-state index contributed by atoms with van der Waals surface area (Å²) in [5.41, 5.74) is -0.249. The first-order chi connectivity index (χ1) is 9.46. The second-order valence-corrected chi connectivity index (χ2v) is 6.69. The van der Waals surface area contributed by atoms with Crippen LogP contribution in [0.3, 0.4) is 0 Å². The Morgan fingerprint density at radius 2 is 1.80 bits per heavy atom. The minimum absolute atomic E-state index is 0.0956. The molecular formula is C18H32O2. The zero-order valence-corrected chi connectivity index (χ0v) is 13.7. The van der Waals surface area contributed by atoms with Crippen molar-refractivity contribution in [1.82, 2.24) is 0 Å². The summed E-state index contributed by atoms with van der Waals surface area (Å²) in [6.45, 7) is 8.24. The van der Waals surface area contributed by atoms with Crippen molar-refractivity contribution in [2.45, 2.75) is 79.1 Å². The normalized spacial score (nSPS) is 19.3. The summed E-state index contributed by atoms with van der Waals surface area (Å²) in [7, 11) is 0. The lowest BCUT2D eigenvalue weighted by atomic mass is 9.81. The quantitative estimate of drug-likeness (QED) is 0.475. The molecule has 2 nitrogen and oxygen atoms in total. The number of ketones is 1. The molecule has 1 aliphatic rings. The van der Waals surface area contributed by atoms with Crippen molar-refractivity contribution in [3.05, 3.63) is 11.8 Å². The predicted octanol–water partition coefficient (Wildman–Crippen LogP) is 5.43. The van der Waals surface area contributed by atoms with Gasteiger partial charge in [0.05, 0.1) is 0 Å². The van der Waals surface area contributed by atoms with Crippen LogP contribution in [0.15, 0.2) is 11.8 Å². The molecule has 20 heavy (non-hydrogen) atoms. The highest BCUT2D eigenvalue weighted by Gasteiger charge is 2.28. The number of hydrogen-bond acceptors (Lipinski definition) is 2. The Labute approximate surface area is 124 Å². The van der Waals surface area contributed by atoms with Crippen molar-refractivity contribution >= 4 is 5.78 Å². The average molecular weight is 280 g/mol. The predicted molar refractivity (Wildman–Crippen MR) is 84.8 cm³/mol. The van der Waals surface area contributed by atoms with Crippen LogP contribution in [0.2, 0.25) is 0 Å². The van der Waals surface area contributed by atoms with E-state index in [1.54, 1.807) is 0 Å². The van der Waals surface area contributed by atoms with Crippen LogP contribution in [-0.4, -0.2) is 10.9 Å². The smallest absolute Gasteiger partial charge is 0.162 e. The van der Waals surface area contributed by atoms with Crippen molar-refractivity contribution in [2.75, 3.05) is 0 Å². The van der Waals surface area contributed by atoms with Crippen LogP contribution in [0.5, 0.6) is 0 Å². The Balaban J connectivity index is 2.70. The van der Waals surface area contributed by atoms with Gasteiger partial charge >= 0.3 is 0 Å². The van der Waals surface area contributed by atoms with E-state index in [1.807, 2.05) is 6.92 Å². The highest BCUT2D eigenvalue weighted by Crippen LogP contribution is 2.34. The molecule has 1 atom stereocenters. The van der Waals surface area contributed by atoms with Crippen molar-refractivity contribution in [2.24, 2.45) is 17.3 Å². The van der Waals surface area contributed by atoms with E-state index >= 15 is 0 Å². The first-order valence-electron chi connectivity index (χ1n) is 8.41. The summed E-state index contributed by atoms with van der Waals surface area (Å²) in [5.74, 6) is 1.23. The summed E-state index contributed by atoms with van der Waals surface area (Å²) >= 11 is 0. The van der Waals surface area contributed by atoms with E-state index in [1.165, 1.54) is 31.8 Å². The number of allylic oxidation sites excluding steroid dienone is 2. The van der Waals surface area contributed by atoms with Crippen molar-refractivity contribution in [1.29, 1.82) is 0 Å². The number of hydrogen-bond donors (Lipinski definition) is 1. The topological polar surface area (TPSA) is 37.3 Å². The van der Waals surface area contributed by atoms with Gasteiger partial charge in [-0.3, -0.25) is 4.79 Å². The molecular weight excluding hydrogens is 248 g/mol. The monoisotopic (exact) mass is 280 g/mol. The highest BCUT2D eigenvalue weighted by molar-refractivity contribution is 5.92. The number of aliphatic hydroxyl groups excluding tert-OH is 1. The van der Waals surface area contributed by atoms with Crippen LogP contribution in [0.4, 0.5) is 0 Å². The van der Waals surface area contributed by atoms with Crippen LogP contribution >= 0.6 is 0 Å². The molecule has 0 radical (unpaired) electrons. The molecule has 1 rings (SSSR count). The summed E-state index contributed by atoms with van der Waals surface area (Å²) in [6.07, 6.45) is 10.3. The zero-order valence-electron chi connectivity index (χ0n) is 13.7. The maximum Gasteiger partial charge on any atom is 0.162 e. The summed E-state index contributed by atoms with van der Waals surface area (Å²) in [4.78, 5) is 12.4. The number of aliphatic hydroxyl groups is 1. The Morgan fingerprint density at radius 3 is 2.25 bits per heavy atom. The third kappa shape index (κ3) is 4.36. The van der Waals surface area contributed by atoms with E-state index in [0.717, 1.165) is 31.6 Å². The van der Waals surface area contributed by atoms with Crippen LogP contribution < -0.4 is 0 Å². The minimum Gasteiger partial charge on any atom is -0.512 e. The number of carbonyl (C=O) groups is 1. The van der Waals surface area contributed by atoms with Gasteiger partial charge in [-0.15, -0.1) is 0 Å². The maximum absolute atomic E-state index is 12.4. The Kier molecular flexibility index (Phi) is 6.78. The van der Waals surface area contributed by atoms with Gasteiger partial charge in [0, 0.05) is 17.4 Å². The largest absolute Gasteiger partial charge is 0.512 e. The maximum atomic E-state index is 12.4. The summed E-state index contributed by atoms with van der Waals surface area (Å²) < 4.78 is 0. The third-order valence-electron chi connectivity index (χ3n) is 5.45. The fraction of sp³-hybridized carbons (Fsp3) is 0.833. The van der Waals surface area contributed by atoms with Gasteiger partial charge in [0.1, 0.15) is 5.76 Å². The van der Waals surface area contributed by atoms with Gasteiger partial charge in [-0.2, -0.15) is 0 Å². The molecule has 1 aliphatic carbocycles. The fourth-order valence-corrected chi connectivity index (χ4v) is 3.17. The van der Waals surface area contributed by atoms with Gasteiger partial charge in [0.15, 0.2) is 5.78 Å². The standard InChI is InChI=1S/C18H32O2/c1-5-15(12-14-10-8-9-11-14)16(19)13-17(20)18(4,6-2)7-3/h13-15,20H,5-12H2,1-4H3/b17-13-. The second kappa shape index (κ2) is 7.85. The molecule has 1 N–H and O–H groups in total. The zero-order chi connectivity index (χ0) is 15.2. The fourth-order valence-electron chi connectivity index (χ4n) is 3.17. The average Bonchev–Trinajstić information content (AvgIpc) is 2.96. The molecule has 0 heterocycles. The van der Waals surface area contributed by atoms with Crippen LogP contribution in [0.1, 0.15) is 79.1 Å². The van der Waals surface area contributed by atoms with Crippen LogP contribution in [-0.2, 0) is 4.79 Å². The van der Waals surface area contributed by atoms with Gasteiger partial charge in [0.2, 0.25) is 0 Å². The number of carbonyl (C=O) groups excluding carboxylic acids is 1. The molecule has 1 saturated carbocycles. The molecule has 0 aliphatic heterocycles. The van der Waals surface area contributed by atoms with Crippen molar-refractivity contribution in [3.8, 4) is 0 Å². The Morgan fingerprint density at radius 1 is 1.25 bits per heavy atom. The van der Waals surface area contributed by atoms with E-state index in [-0.39, 0.29) is 22.9 Å². The minimum atomic E-state index is -0.249. The lowest BCUT2D eigenvalue weighted by Crippen LogP contribution is -2.21. The first kappa shape index (κ1) is 17.3. The molecule has 0 amide bonds. The first-order valence-corrected chi connectivity index (χ1v) is 8.41. The van der Waals surface area contributed by atoms with Crippen molar-refractivity contribution < 1.29 is 9.90 Å². The molecule has 0 aromatic rings. The van der Waals surface area contributed by atoms with Gasteiger partial charge in [-0.05, 0) is 31.6 Å². The molecule has 0 bridgehead atoms. The van der Waals surface area contributed by atoms with Crippen molar-refractivity contribution in [3.63, 3.8) is 0 Å². The van der Waals surface area contributed by atoms with Gasteiger partial charge in [-0.25, -0.2) is 0 Å². The van der Waals surface area contributed by atoms with Crippen LogP contribution in [0, 0.1) is 17.3 Å². The lowest BCUT2D eigenvalue weighted by molar-refractivity contribution is -0.119. The molecule has 0 spiro atoms. The molecule has 1 fully saturated rings. The SMILES string of the molecule is CCC(CC1CCCC1)C(=O)/C=C(\O)C(C)(CC)CC. The van der Waals surface area contributed by atoms with E-state index in [0.29, 0.717) is 0 Å². The lowest BCUT2D eigenvalue weighted by Gasteiger charge is -2.26. The molecule has 116 valence electrons. The van der Waals surface area contributed by atoms with E-state index in [4.69, 9.17) is 0 Å². The molecule has 1 unspecified atom stereocenters. The van der Waals surface area contributed by atoms with Gasteiger partial charge in [-0.1, -0.05) is 53.4 Å². The Bertz CT molecular complexity index is 333. The van der Waals surface area contributed by atoms with Gasteiger partial charge in [0.25, 0.3) is 0 Å². The van der Waals surface area contributed by atoms with E-state index in [2.05, 4.69) is 20.8 Å². The highest BCUT2D eigenvalue weighted by atomic mass is 16.3. The molecule has 0 aromatic heterocycles. The second-order valence-electron chi connectivity index (χ2n) is 6.69. The van der Waals surface area contributed by atoms with Gasteiger partial charge < -0.3 is 5.11 Å². The third-order valence-corrected chi connectivity index (χ3v) is 5.45.